The SMILES string of the molecule is C1CO[C@H]2CNC[C]2O1. The second-order valence-electron chi connectivity index (χ2n) is 2.31. The van der Waals surface area contributed by atoms with E-state index in [9.17, 15) is 0 Å². The lowest BCUT2D eigenvalue weighted by atomic mass is 10.2. The van der Waals surface area contributed by atoms with E-state index in [0.29, 0.717) is 0 Å². The van der Waals surface area contributed by atoms with Gasteiger partial charge < -0.3 is 14.8 Å². The monoisotopic (exact) mass is 128 g/mol. The molecule has 2 heterocycles. The predicted octanol–water partition coefficient (Wildman–Crippen LogP) is -0.463. The van der Waals surface area contributed by atoms with Gasteiger partial charge in [0, 0.05) is 13.1 Å². The maximum atomic E-state index is 5.38. The first-order chi connectivity index (χ1) is 4.47. The van der Waals surface area contributed by atoms with Crippen LogP contribution in [0, 0.1) is 6.10 Å². The zero-order chi connectivity index (χ0) is 6.10. The van der Waals surface area contributed by atoms with Crippen molar-refractivity contribution >= 4 is 0 Å². The van der Waals surface area contributed by atoms with Crippen molar-refractivity contribution in [3.8, 4) is 0 Å². The molecule has 0 amide bonds. The van der Waals surface area contributed by atoms with Gasteiger partial charge in [-0.2, -0.15) is 0 Å². The summed E-state index contributed by atoms with van der Waals surface area (Å²) in [6, 6.07) is 0. The number of fused-ring (bicyclic) bond motifs is 1. The number of hydrogen-bond donors (Lipinski definition) is 1. The highest BCUT2D eigenvalue weighted by Crippen LogP contribution is 2.19. The van der Waals surface area contributed by atoms with Crippen molar-refractivity contribution in [2.24, 2.45) is 0 Å². The second-order valence-corrected chi connectivity index (χ2v) is 2.31. The summed E-state index contributed by atoms with van der Waals surface area (Å²) >= 11 is 0. The molecule has 1 atom stereocenters. The smallest absolute Gasteiger partial charge is 0.140 e. The zero-order valence-electron chi connectivity index (χ0n) is 5.22. The molecule has 1 N–H and O–H groups in total. The topological polar surface area (TPSA) is 30.5 Å². The van der Waals surface area contributed by atoms with Crippen molar-refractivity contribution in [3.05, 3.63) is 6.10 Å². The average molecular weight is 128 g/mol. The molecule has 2 rings (SSSR count). The van der Waals surface area contributed by atoms with Crippen molar-refractivity contribution in [1.82, 2.24) is 5.32 Å². The highest BCUT2D eigenvalue weighted by atomic mass is 16.6. The van der Waals surface area contributed by atoms with Gasteiger partial charge in [0.2, 0.25) is 0 Å². The van der Waals surface area contributed by atoms with Crippen LogP contribution in [0.1, 0.15) is 0 Å². The molecule has 2 aliphatic heterocycles. The Kier molecular flexibility index (Phi) is 1.41. The van der Waals surface area contributed by atoms with Crippen molar-refractivity contribution in [1.29, 1.82) is 0 Å². The summed E-state index contributed by atoms with van der Waals surface area (Å²) < 4.78 is 10.7. The van der Waals surface area contributed by atoms with Gasteiger partial charge in [-0.3, -0.25) is 0 Å². The maximum absolute atomic E-state index is 5.38. The first-order valence-corrected chi connectivity index (χ1v) is 3.27. The van der Waals surface area contributed by atoms with Crippen LogP contribution in [0.4, 0.5) is 0 Å². The summed E-state index contributed by atoms with van der Waals surface area (Å²) in [5, 5.41) is 3.18. The molecule has 2 saturated heterocycles. The second kappa shape index (κ2) is 2.25. The largest absolute Gasteiger partial charge is 0.371 e. The van der Waals surface area contributed by atoms with E-state index in [0.717, 1.165) is 32.4 Å². The van der Waals surface area contributed by atoms with Gasteiger partial charge in [-0.15, -0.1) is 0 Å². The molecule has 0 aromatic carbocycles. The van der Waals surface area contributed by atoms with Gasteiger partial charge in [-0.25, -0.2) is 0 Å². The zero-order valence-corrected chi connectivity index (χ0v) is 5.22. The van der Waals surface area contributed by atoms with Gasteiger partial charge in [-0.05, 0) is 0 Å². The van der Waals surface area contributed by atoms with E-state index in [1.54, 1.807) is 0 Å². The molecule has 0 bridgehead atoms. The minimum absolute atomic E-state index is 0.249. The Hall–Kier alpha value is -0.120. The highest BCUT2D eigenvalue weighted by Gasteiger charge is 2.32. The summed E-state index contributed by atoms with van der Waals surface area (Å²) in [6.45, 7) is 3.28. The Labute approximate surface area is 54.3 Å². The van der Waals surface area contributed by atoms with Gasteiger partial charge in [0.15, 0.2) is 0 Å². The lowest BCUT2D eigenvalue weighted by molar-refractivity contribution is -0.0635. The lowest BCUT2D eigenvalue weighted by Gasteiger charge is -2.23. The maximum Gasteiger partial charge on any atom is 0.140 e. The van der Waals surface area contributed by atoms with Crippen LogP contribution in [-0.2, 0) is 9.47 Å². The fourth-order valence-electron chi connectivity index (χ4n) is 1.21. The van der Waals surface area contributed by atoms with Gasteiger partial charge in [0.1, 0.15) is 12.2 Å². The quantitative estimate of drug-likeness (QED) is 0.478. The molecule has 0 spiro atoms. The molecule has 2 aliphatic rings. The summed E-state index contributed by atoms with van der Waals surface area (Å²) in [7, 11) is 0. The van der Waals surface area contributed by atoms with E-state index in [-0.39, 0.29) is 6.10 Å². The first-order valence-electron chi connectivity index (χ1n) is 3.27. The first kappa shape index (κ1) is 5.65. The molecule has 3 nitrogen and oxygen atoms in total. The third kappa shape index (κ3) is 0.956. The molecule has 2 fully saturated rings. The Morgan fingerprint density at radius 2 is 2.44 bits per heavy atom. The van der Waals surface area contributed by atoms with Crippen LogP contribution in [0.25, 0.3) is 0 Å². The molecular weight excluding hydrogens is 118 g/mol. The molecular formula is C6H10NO2. The molecule has 9 heavy (non-hydrogen) atoms. The van der Waals surface area contributed by atoms with Gasteiger partial charge in [-0.1, -0.05) is 0 Å². The highest BCUT2D eigenvalue weighted by molar-refractivity contribution is 5.00. The van der Waals surface area contributed by atoms with Crippen LogP contribution >= 0.6 is 0 Å². The molecule has 0 aliphatic carbocycles. The Morgan fingerprint density at radius 1 is 1.44 bits per heavy atom. The molecule has 51 valence electrons. The average Bonchev–Trinajstić information content (AvgIpc) is 2.33. The molecule has 0 aromatic heterocycles. The fraction of sp³-hybridized carbons (Fsp3) is 0.833. The molecule has 3 heteroatoms. The van der Waals surface area contributed by atoms with Crippen LogP contribution in [0.3, 0.4) is 0 Å². The number of ether oxygens (including phenoxy) is 2. The van der Waals surface area contributed by atoms with Crippen molar-refractivity contribution in [2.75, 3.05) is 26.3 Å². The molecule has 0 aromatic rings. The minimum atomic E-state index is 0.249. The van der Waals surface area contributed by atoms with Crippen LogP contribution in [-0.4, -0.2) is 32.4 Å². The van der Waals surface area contributed by atoms with Crippen molar-refractivity contribution < 1.29 is 9.47 Å². The summed E-state index contributed by atoms with van der Waals surface area (Å²) in [4.78, 5) is 0. The third-order valence-corrected chi connectivity index (χ3v) is 1.68. The van der Waals surface area contributed by atoms with Gasteiger partial charge >= 0.3 is 0 Å². The third-order valence-electron chi connectivity index (χ3n) is 1.68. The minimum Gasteiger partial charge on any atom is -0.371 e. The normalized spacial score (nSPS) is 36.7. The van der Waals surface area contributed by atoms with Crippen LogP contribution in [0.2, 0.25) is 0 Å². The van der Waals surface area contributed by atoms with Gasteiger partial charge in [0.05, 0.1) is 13.2 Å². The van der Waals surface area contributed by atoms with E-state index >= 15 is 0 Å². The van der Waals surface area contributed by atoms with E-state index in [1.165, 1.54) is 0 Å². The van der Waals surface area contributed by atoms with Crippen LogP contribution < -0.4 is 5.32 Å². The van der Waals surface area contributed by atoms with E-state index < -0.39 is 0 Å². The standard InChI is InChI=1S/C6H10NO2/c1-2-9-6-4-7-3-5(6)8-1/h5,7H,1-4H2/t5-/m0/s1. The summed E-state index contributed by atoms with van der Waals surface area (Å²) in [5.74, 6) is 0. The van der Waals surface area contributed by atoms with Crippen molar-refractivity contribution in [3.63, 3.8) is 0 Å². The van der Waals surface area contributed by atoms with Crippen LogP contribution in [0.5, 0.6) is 0 Å². The fourth-order valence-corrected chi connectivity index (χ4v) is 1.21. The Bertz CT molecular complexity index is 95.2. The summed E-state index contributed by atoms with van der Waals surface area (Å²) in [5.41, 5.74) is 0. The predicted molar refractivity (Wildman–Crippen MR) is 31.8 cm³/mol. The van der Waals surface area contributed by atoms with Crippen molar-refractivity contribution in [2.45, 2.75) is 6.10 Å². The van der Waals surface area contributed by atoms with Gasteiger partial charge in [0.25, 0.3) is 0 Å². The molecule has 0 saturated carbocycles. The molecule has 0 unspecified atom stereocenters. The Morgan fingerprint density at radius 3 is 3.33 bits per heavy atom. The molecule has 1 radical (unpaired) electrons. The van der Waals surface area contributed by atoms with Crippen LogP contribution in [0.15, 0.2) is 0 Å². The summed E-state index contributed by atoms with van der Waals surface area (Å²) in [6.07, 6.45) is 1.33. The van der Waals surface area contributed by atoms with E-state index in [2.05, 4.69) is 5.32 Å². The van der Waals surface area contributed by atoms with E-state index in [4.69, 9.17) is 9.47 Å². The Balaban J connectivity index is 1.97. The number of nitrogens with one attached hydrogen (secondary N) is 1. The van der Waals surface area contributed by atoms with E-state index in [1.807, 2.05) is 0 Å². The number of rotatable bonds is 0. The number of hydrogen-bond acceptors (Lipinski definition) is 3. The lowest BCUT2D eigenvalue weighted by Crippen LogP contribution is -2.30.